The van der Waals surface area contributed by atoms with Gasteiger partial charge in [0.1, 0.15) is 11.3 Å². The maximum atomic E-state index is 13.7. The van der Waals surface area contributed by atoms with Gasteiger partial charge in [0.15, 0.2) is 0 Å². The lowest BCUT2D eigenvalue weighted by molar-refractivity contribution is 0.101. The van der Waals surface area contributed by atoms with Crippen molar-refractivity contribution in [2.45, 2.75) is 37.5 Å². The quantitative estimate of drug-likeness (QED) is 0.407. The Balaban J connectivity index is 1.69. The number of anilines is 1. The van der Waals surface area contributed by atoms with Crippen LogP contribution in [0.5, 0.6) is 0 Å². The molecule has 1 aliphatic carbocycles. The minimum atomic E-state index is -4.14. The molecule has 0 spiro atoms. The molecule has 5 nitrogen and oxygen atoms in total. The van der Waals surface area contributed by atoms with Gasteiger partial charge in [0, 0.05) is 22.9 Å². The number of benzene rings is 3. The Morgan fingerprint density at radius 3 is 2.38 bits per heavy atom. The fraction of sp³-hybridized carbons (Fsp3) is 0.192. The van der Waals surface area contributed by atoms with E-state index in [1.807, 2.05) is 6.92 Å². The lowest BCUT2D eigenvalue weighted by Crippen LogP contribution is -2.37. The molecule has 32 heavy (non-hydrogen) atoms. The van der Waals surface area contributed by atoms with E-state index >= 15 is 0 Å². The van der Waals surface area contributed by atoms with Gasteiger partial charge in [0.05, 0.1) is 10.6 Å². The zero-order valence-corrected chi connectivity index (χ0v) is 18.6. The van der Waals surface area contributed by atoms with Crippen molar-refractivity contribution in [3.8, 4) is 0 Å². The van der Waals surface area contributed by atoms with Crippen molar-refractivity contribution in [3.63, 3.8) is 0 Å². The van der Waals surface area contributed by atoms with Gasteiger partial charge in [-0.2, -0.15) is 4.31 Å². The zero-order chi connectivity index (χ0) is 22.3. The Kier molecular flexibility index (Phi) is 5.10. The number of carbonyl (C=O) groups excluding carboxylic acids is 1. The molecule has 0 saturated carbocycles. The van der Waals surface area contributed by atoms with Gasteiger partial charge in [-0.1, -0.05) is 35.9 Å². The van der Waals surface area contributed by atoms with E-state index in [4.69, 9.17) is 4.42 Å². The van der Waals surface area contributed by atoms with Crippen LogP contribution in [0.15, 0.2) is 82.1 Å². The van der Waals surface area contributed by atoms with Gasteiger partial charge < -0.3 is 4.42 Å². The number of furan rings is 1. The molecular formula is C26H23NO4S. The van der Waals surface area contributed by atoms with Gasteiger partial charge >= 0.3 is 0 Å². The predicted octanol–water partition coefficient (Wildman–Crippen LogP) is 5.66. The number of rotatable bonds is 4. The Morgan fingerprint density at radius 2 is 1.62 bits per heavy atom. The molecule has 0 N–H and O–H groups in total. The highest BCUT2D eigenvalue weighted by atomic mass is 32.2. The van der Waals surface area contributed by atoms with Crippen LogP contribution >= 0.6 is 0 Å². The highest BCUT2D eigenvalue weighted by Crippen LogP contribution is 2.36. The molecule has 4 aromatic rings. The first-order valence-electron chi connectivity index (χ1n) is 10.7. The topological polar surface area (TPSA) is 67.6 Å². The van der Waals surface area contributed by atoms with Crippen LogP contribution in [0.4, 0.5) is 5.69 Å². The molecule has 1 aliphatic rings. The van der Waals surface area contributed by atoms with Gasteiger partial charge in [0.25, 0.3) is 15.9 Å². The summed E-state index contributed by atoms with van der Waals surface area (Å²) >= 11 is 0. The number of aryl methyl sites for hydroxylation is 3. The summed E-state index contributed by atoms with van der Waals surface area (Å²) in [6, 6.07) is 20.2. The summed E-state index contributed by atoms with van der Waals surface area (Å²) < 4.78 is 34.3. The second kappa shape index (κ2) is 7.95. The van der Waals surface area contributed by atoms with Gasteiger partial charge in [-0.05, 0) is 68.7 Å². The van der Waals surface area contributed by atoms with Crippen molar-refractivity contribution in [2.75, 3.05) is 4.31 Å². The Morgan fingerprint density at radius 1 is 0.906 bits per heavy atom. The van der Waals surface area contributed by atoms with Crippen LogP contribution in [0, 0.1) is 6.92 Å². The third-order valence-corrected chi connectivity index (χ3v) is 7.66. The van der Waals surface area contributed by atoms with E-state index in [1.165, 1.54) is 12.1 Å². The van der Waals surface area contributed by atoms with Crippen LogP contribution in [-0.4, -0.2) is 14.3 Å². The lowest BCUT2D eigenvalue weighted by atomic mass is 9.96. The smallest absolute Gasteiger partial charge is 0.272 e. The Labute approximate surface area is 187 Å². The summed E-state index contributed by atoms with van der Waals surface area (Å²) in [5, 5.41) is 0.877. The molecule has 0 bridgehead atoms. The lowest BCUT2D eigenvalue weighted by Gasteiger charge is -2.23. The summed E-state index contributed by atoms with van der Waals surface area (Å²) in [5.74, 6) is 0.369. The van der Waals surface area contributed by atoms with E-state index in [9.17, 15) is 13.2 Å². The molecule has 5 rings (SSSR count). The van der Waals surface area contributed by atoms with Crippen molar-refractivity contribution in [1.82, 2.24) is 0 Å². The minimum Gasteiger partial charge on any atom is -0.461 e. The molecule has 1 amide bonds. The third-order valence-electron chi connectivity index (χ3n) is 5.94. The summed E-state index contributed by atoms with van der Waals surface area (Å²) in [6.07, 6.45) is 3.93. The fourth-order valence-corrected chi connectivity index (χ4v) is 5.66. The van der Waals surface area contributed by atoms with Crippen molar-refractivity contribution in [2.24, 2.45) is 0 Å². The average Bonchev–Trinajstić information content (AvgIpc) is 3.18. The summed E-state index contributed by atoms with van der Waals surface area (Å²) in [4.78, 5) is 13.6. The third kappa shape index (κ3) is 3.50. The van der Waals surface area contributed by atoms with Crippen LogP contribution in [0.1, 0.15) is 40.1 Å². The summed E-state index contributed by atoms with van der Waals surface area (Å²) in [7, 11) is -4.14. The zero-order valence-electron chi connectivity index (χ0n) is 17.7. The van der Waals surface area contributed by atoms with Crippen LogP contribution in [0.2, 0.25) is 0 Å². The predicted molar refractivity (Wildman–Crippen MR) is 124 cm³/mol. The maximum Gasteiger partial charge on any atom is 0.272 e. The first kappa shape index (κ1) is 20.5. The molecule has 162 valence electrons. The van der Waals surface area contributed by atoms with Crippen LogP contribution < -0.4 is 4.31 Å². The van der Waals surface area contributed by atoms with Crippen molar-refractivity contribution < 1.29 is 17.6 Å². The number of fused-ring (bicyclic) bond motifs is 3. The molecule has 0 fully saturated rings. The molecule has 3 aromatic carbocycles. The normalized spacial score (nSPS) is 13.7. The van der Waals surface area contributed by atoms with Gasteiger partial charge in [-0.3, -0.25) is 4.79 Å². The Hall–Kier alpha value is -3.38. The van der Waals surface area contributed by atoms with Crippen molar-refractivity contribution >= 4 is 32.6 Å². The first-order chi connectivity index (χ1) is 15.4. The van der Waals surface area contributed by atoms with E-state index in [0.29, 0.717) is 11.3 Å². The summed E-state index contributed by atoms with van der Waals surface area (Å²) in [5.41, 5.74) is 3.39. The number of carbonyl (C=O) groups is 1. The highest BCUT2D eigenvalue weighted by Gasteiger charge is 2.32. The second-order valence-electron chi connectivity index (χ2n) is 8.15. The van der Waals surface area contributed by atoms with Crippen molar-refractivity contribution in [3.05, 3.63) is 95.2 Å². The van der Waals surface area contributed by atoms with E-state index < -0.39 is 15.9 Å². The largest absolute Gasteiger partial charge is 0.461 e. The van der Waals surface area contributed by atoms with E-state index in [0.717, 1.165) is 57.8 Å². The van der Waals surface area contributed by atoms with Crippen molar-refractivity contribution in [1.29, 1.82) is 0 Å². The molecular weight excluding hydrogens is 422 g/mol. The number of sulfonamides is 1. The first-order valence-corrected chi connectivity index (χ1v) is 12.1. The monoisotopic (exact) mass is 445 g/mol. The standard InChI is InChI=1S/C26H23NO4S/c1-18-11-14-21(15-12-18)32(29,30)27(26(28)19-7-3-2-4-8-19)20-13-16-25-23(17-20)22-9-5-6-10-24(22)31-25/h2-4,7-8,11-17H,5-6,9-10H2,1H3. The maximum absolute atomic E-state index is 13.7. The molecule has 0 radical (unpaired) electrons. The highest BCUT2D eigenvalue weighted by molar-refractivity contribution is 7.93. The number of hydrogen-bond donors (Lipinski definition) is 0. The molecule has 0 unspecified atom stereocenters. The van der Waals surface area contributed by atoms with Crippen LogP contribution in [0.3, 0.4) is 0 Å². The number of nitrogens with zero attached hydrogens (tertiary/aromatic N) is 1. The number of hydrogen-bond acceptors (Lipinski definition) is 4. The fourth-order valence-electron chi connectivity index (χ4n) is 4.26. The Bertz CT molecular complexity index is 1400. The summed E-state index contributed by atoms with van der Waals surface area (Å²) in [6.45, 7) is 1.89. The van der Waals surface area contributed by atoms with Gasteiger partial charge in [-0.15, -0.1) is 0 Å². The second-order valence-corrected chi connectivity index (χ2v) is 9.93. The van der Waals surface area contributed by atoms with E-state index in [1.54, 1.807) is 60.7 Å². The molecule has 1 heterocycles. The molecule has 1 aromatic heterocycles. The molecule has 0 atom stereocenters. The molecule has 0 saturated heterocycles. The van der Waals surface area contributed by atoms with E-state index in [-0.39, 0.29) is 4.90 Å². The van der Waals surface area contributed by atoms with E-state index in [2.05, 4.69) is 0 Å². The SMILES string of the molecule is Cc1ccc(S(=O)(=O)N(C(=O)c2ccccc2)c2ccc3oc4c(c3c2)CCCC4)cc1. The van der Waals surface area contributed by atoms with Crippen LogP contribution in [0.25, 0.3) is 11.0 Å². The van der Waals surface area contributed by atoms with Crippen LogP contribution in [-0.2, 0) is 22.9 Å². The minimum absolute atomic E-state index is 0.0710. The molecule has 0 aliphatic heterocycles. The van der Waals surface area contributed by atoms with Gasteiger partial charge in [0.2, 0.25) is 0 Å². The average molecular weight is 446 g/mol. The number of amides is 1. The van der Waals surface area contributed by atoms with Gasteiger partial charge in [-0.25, -0.2) is 8.42 Å². The molecule has 6 heteroatoms.